The fraction of sp³-hybridized carbons (Fsp3) is 0.214. The van der Waals surface area contributed by atoms with Crippen LogP contribution in [-0.4, -0.2) is 14.5 Å². The maximum Gasteiger partial charge on any atom is 0.262 e. The van der Waals surface area contributed by atoms with Crippen molar-refractivity contribution >= 4 is 16.5 Å². The Morgan fingerprint density at radius 3 is 2.85 bits per heavy atom. The van der Waals surface area contributed by atoms with Crippen LogP contribution in [0.15, 0.2) is 28.8 Å². The lowest BCUT2D eigenvalue weighted by molar-refractivity contribution is 0.424. The Morgan fingerprint density at radius 1 is 1.30 bits per heavy atom. The number of benzene rings is 1. The van der Waals surface area contributed by atoms with Crippen molar-refractivity contribution in [3.8, 4) is 11.5 Å². The van der Waals surface area contributed by atoms with Crippen LogP contribution < -0.4 is 5.73 Å². The van der Waals surface area contributed by atoms with Gasteiger partial charge in [-0.25, -0.2) is 0 Å². The third-order valence-electron chi connectivity index (χ3n) is 3.02. The van der Waals surface area contributed by atoms with E-state index in [1.807, 2.05) is 13.0 Å². The van der Waals surface area contributed by atoms with E-state index in [1.54, 1.807) is 0 Å². The summed E-state index contributed by atoms with van der Waals surface area (Å²) in [6.45, 7) is 3.94. The van der Waals surface area contributed by atoms with Gasteiger partial charge in [-0.15, -0.1) is 0 Å². The molecule has 3 aromatic rings. The number of nitrogens with two attached hydrogens (primary N) is 1. The second-order valence-corrected chi connectivity index (χ2v) is 5.49. The Bertz CT molecular complexity index is 728. The number of nitrogens with zero attached hydrogens (tertiary/aromatic N) is 3. The average Bonchev–Trinajstić information content (AvgIpc) is 2.97. The summed E-state index contributed by atoms with van der Waals surface area (Å²) in [6.07, 6.45) is 0.641. The second kappa shape index (κ2) is 5.05. The molecule has 102 valence electrons. The van der Waals surface area contributed by atoms with Crippen molar-refractivity contribution in [2.75, 3.05) is 5.73 Å². The Balaban J connectivity index is 1.88. The van der Waals surface area contributed by atoms with Crippen molar-refractivity contribution in [2.45, 2.75) is 20.3 Å². The summed E-state index contributed by atoms with van der Waals surface area (Å²) < 4.78 is 9.48. The molecule has 2 heterocycles. The van der Waals surface area contributed by atoms with Crippen LogP contribution >= 0.6 is 11.5 Å². The zero-order valence-corrected chi connectivity index (χ0v) is 12.1. The van der Waals surface area contributed by atoms with E-state index in [4.69, 9.17) is 10.3 Å². The molecule has 2 aromatic heterocycles. The lowest BCUT2D eigenvalue weighted by Crippen LogP contribution is -1.92. The number of hydrogen-bond donors (Lipinski definition) is 1. The van der Waals surface area contributed by atoms with E-state index in [0.29, 0.717) is 23.1 Å². The molecule has 0 atom stereocenters. The molecule has 20 heavy (non-hydrogen) atoms. The fourth-order valence-corrected chi connectivity index (χ4v) is 2.73. The lowest BCUT2D eigenvalue weighted by Gasteiger charge is -1.97. The van der Waals surface area contributed by atoms with E-state index in [0.717, 1.165) is 16.8 Å². The first-order chi connectivity index (χ1) is 9.63. The van der Waals surface area contributed by atoms with Gasteiger partial charge in [0, 0.05) is 6.42 Å². The minimum atomic E-state index is 0.441. The maximum atomic E-state index is 5.88. The molecule has 0 radical (unpaired) electrons. The summed E-state index contributed by atoms with van der Waals surface area (Å²) in [5.74, 6) is 1.09. The van der Waals surface area contributed by atoms with Crippen molar-refractivity contribution in [1.29, 1.82) is 0 Å². The zero-order valence-electron chi connectivity index (χ0n) is 11.3. The number of nitrogen functional groups attached to an aromatic ring is 1. The Labute approximate surface area is 120 Å². The van der Waals surface area contributed by atoms with Crippen LogP contribution in [0.25, 0.3) is 11.5 Å². The van der Waals surface area contributed by atoms with Crippen LogP contribution in [-0.2, 0) is 6.42 Å². The van der Waals surface area contributed by atoms with Gasteiger partial charge in [-0.3, -0.25) is 0 Å². The molecule has 0 saturated carbocycles. The van der Waals surface area contributed by atoms with E-state index in [-0.39, 0.29) is 0 Å². The standard InChI is InChI=1S/C14H14N4OS/c1-8-4-3-5-10(6-8)7-11-16-14(19-17-11)12-9(2)18-20-13(12)15/h3-6H,7,15H2,1-2H3. The van der Waals surface area contributed by atoms with Crippen LogP contribution in [0.5, 0.6) is 0 Å². The first kappa shape index (κ1) is 12.8. The molecule has 0 aliphatic rings. The second-order valence-electron chi connectivity index (χ2n) is 4.69. The van der Waals surface area contributed by atoms with E-state index in [9.17, 15) is 0 Å². The molecule has 0 unspecified atom stereocenters. The molecule has 0 saturated heterocycles. The summed E-state index contributed by atoms with van der Waals surface area (Å²) in [4.78, 5) is 4.41. The largest absolute Gasteiger partial charge is 0.389 e. The molecule has 0 fully saturated rings. The minimum Gasteiger partial charge on any atom is -0.389 e. The molecule has 6 heteroatoms. The third kappa shape index (κ3) is 2.42. The van der Waals surface area contributed by atoms with Crippen LogP contribution in [0.1, 0.15) is 22.6 Å². The summed E-state index contributed by atoms with van der Waals surface area (Å²) in [5, 5.41) is 4.62. The third-order valence-corrected chi connectivity index (χ3v) is 3.78. The van der Waals surface area contributed by atoms with Gasteiger partial charge < -0.3 is 10.3 Å². The van der Waals surface area contributed by atoms with Gasteiger partial charge in [0.05, 0.1) is 11.3 Å². The van der Waals surface area contributed by atoms with Crippen molar-refractivity contribution in [3.05, 3.63) is 46.9 Å². The number of aromatic nitrogens is 3. The lowest BCUT2D eigenvalue weighted by atomic mass is 10.1. The molecule has 0 spiro atoms. The first-order valence-electron chi connectivity index (χ1n) is 6.23. The van der Waals surface area contributed by atoms with Crippen LogP contribution in [0.4, 0.5) is 5.00 Å². The smallest absolute Gasteiger partial charge is 0.262 e. The maximum absolute atomic E-state index is 5.88. The van der Waals surface area contributed by atoms with E-state index in [1.165, 1.54) is 17.1 Å². The monoisotopic (exact) mass is 286 g/mol. The van der Waals surface area contributed by atoms with Crippen LogP contribution in [0.2, 0.25) is 0 Å². The summed E-state index contributed by atoms with van der Waals surface area (Å²) in [7, 11) is 0. The predicted octanol–water partition coefficient (Wildman–Crippen LogP) is 2.98. The average molecular weight is 286 g/mol. The van der Waals surface area contributed by atoms with Gasteiger partial charge in [-0.1, -0.05) is 35.0 Å². The highest BCUT2D eigenvalue weighted by Crippen LogP contribution is 2.31. The molecular weight excluding hydrogens is 272 g/mol. The fourth-order valence-electron chi connectivity index (χ4n) is 2.08. The van der Waals surface area contributed by atoms with Gasteiger partial charge in [0.25, 0.3) is 5.89 Å². The Hall–Kier alpha value is -2.21. The predicted molar refractivity (Wildman–Crippen MR) is 78.5 cm³/mol. The summed E-state index contributed by atoms with van der Waals surface area (Å²) >= 11 is 1.24. The normalized spacial score (nSPS) is 10.9. The zero-order chi connectivity index (χ0) is 14.1. The van der Waals surface area contributed by atoms with E-state index < -0.39 is 0 Å². The van der Waals surface area contributed by atoms with Gasteiger partial charge in [-0.2, -0.15) is 9.36 Å². The Morgan fingerprint density at radius 2 is 2.15 bits per heavy atom. The molecule has 0 bridgehead atoms. The minimum absolute atomic E-state index is 0.441. The first-order valence-corrected chi connectivity index (χ1v) is 7.01. The van der Waals surface area contributed by atoms with Crippen molar-refractivity contribution in [1.82, 2.24) is 14.5 Å². The molecule has 0 amide bonds. The number of hydrogen-bond acceptors (Lipinski definition) is 6. The van der Waals surface area contributed by atoms with E-state index in [2.05, 4.69) is 39.6 Å². The summed E-state index contributed by atoms with van der Waals surface area (Å²) in [5.41, 5.74) is 9.82. The van der Waals surface area contributed by atoms with Gasteiger partial charge in [0.2, 0.25) is 0 Å². The number of rotatable bonds is 3. The van der Waals surface area contributed by atoms with Crippen molar-refractivity contribution in [2.24, 2.45) is 0 Å². The number of anilines is 1. The van der Waals surface area contributed by atoms with Gasteiger partial charge in [-0.05, 0) is 30.9 Å². The molecule has 1 aromatic carbocycles. The highest BCUT2D eigenvalue weighted by molar-refractivity contribution is 7.10. The van der Waals surface area contributed by atoms with Crippen LogP contribution in [0.3, 0.4) is 0 Å². The molecule has 5 nitrogen and oxygen atoms in total. The summed E-state index contributed by atoms with van der Waals surface area (Å²) in [6, 6.07) is 8.25. The molecular formula is C14H14N4OS. The molecule has 0 aliphatic carbocycles. The quantitative estimate of drug-likeness (QED) is 0.800. The Kier molecular flexibility index (Phi) is 3.23. The van der Waals surface area contributed by atoms with E-state index >= 15 is 0 Å². The van der Waals surface area contributed by atoms with Crippen molar-refractivity contribution < 1.29 is 4.52 Å². The van der Waals surface area contributed by atoms with Gasteiger partial charge in [0.15, 0.2) is 5.82 Å². The topological polar surface area (TPSA) is 77.8 Å². The van der Waals surface area contributed by atoms with Gasteiger partial charge >= 0.3 is 0 Å². The molecule has 3 rings (SSSR count). The SMILES string of the molecule is Cc1cccc(Cc2noc(-c3c(C)nsc3N)n2)c1. The van der Waals surface area contributed by atoms with Crippen LogP contribution in [0, 0.1) is 13.8 Å². The molecule has 0 aliphatic heterocycles. The van der Waals surface area contributed by atoms with Crippen molar-refractivity contribution in [3.63, 3.8) is 0 Å². The molecule has 2 N–H and O–H groups in total. The number of aryl methyl sites for hydroxylation is 2. The highest BCUT2D eigenvalue weighted by Gasteiger charge is 2.17. The van der Waals surface area contributed by atoms with Gasteiger partial charge in [0.1, 0.15) is 5.00 Å². The highest BCUT2D eigenvalue weighted by atomic mass is 32.1.